The molecular weight excluding hydrogens is 356 g/mol. The Balaban J connectivity index is 1.78. The summed E-state index contributed by atoms with van der Waals surface area (Å²) in [4.78, 5) is 14.3. The molecule has 29 heavy (non-hydrogen) atoms. The number of aromatic nitrogens is 4. The lowest BCUT2D eigenvalue weighted by atomic mass is 10.1. The van der Waals surface area contributed by atoms with E-state index in [1.165, 1.54) is 11.1 Å². The van der Waals surface area contributed by atoms with Crippen LogP contribution in [0.3, 0.4) is 0 Å². The Bertz CT molecular complexity index is 1270. The second kappa shape index (κ2) is 7.32. The number of hydrogen-bond acceptors (Lipinski definition) is 3. The molecule has 0 amide bonds. The van der Waals surface area contributed by atoms with Gasteiger partial charge in [-0.25, -0.2) is 15.0 Å². The fraction of sp³-hybridized carbons (Fsp3) is 0.0800. The predicted octanol–water partition coefficient (Wildman–Crippen LogP) is 5.52. The normalized spacial score (nSPS) is 11.1. The van der Waals surface area contributed by atoms with Crippen LogP contribution in [0.1, 0.15) is 11.1 Å². The Kier molecular flexibility index (Phi) is 4.37. The van der Waals surface area contributed by atoms with E-state index in [-0.39, 0.29) is 0 Å². The summed E-state index contributed by atoms with van der Waals surface area (Å²) < 4.78 is 2.20. The zero-order chi connectivity index (χ0) is 19.6. The minimum absolute atomic E-state index is 0.701. The van der Waals surface area contributed by atoms with Gasteiger partial charge in [0.25, 0.3) is 0 Å². The quantitative estimate of drug-likeness (QED) is 0.415. The van der Waals surface area contributed by atoms with Gasteiger partial charge < -0.3 is 4.57 Å². The average molecular weight is 376 g/mol. The SMILES string of the molecule is Cc1ccccc1-c1nc2c(-c3ccccc3)ncnc2n1Cc1ccccc1. The van der Waals surface area contributed by atoms with Gasteiger partial charge in [-0.1, -0.05) is 84.9 Å². The molecule has 0 aliphatic heterocycles. The number of imidazole rings is 1. The van der Waals surface area contributed by atoms with Crippen molar-refractivity contribution in [1.29, 1.82) is 0 Å². The molecule has 0 radical (unpaired) electrons. The lowest BCUT2D eigenvalue weighted by Crippen LogP contribution is -2.04. The summed E-state index contributed by atoms with van der Waals surface area (Å²) in [6, 6.07) is 28.9. The van der Waals surface area contributed by atoms with Gasteiger partial charge in [-0.05, 0) is 18.1 Å². The molecule has 0 aliphatic rings. The maximum Gasteiger partial charge on any atom is 0.164 e. The topological polar surface area (TPSA) is 43.6 Å². The van der Waals surface area contributed by atoms with Gasteiger partial charge in [0, 0.05) is 11.1 Å². The van der Waals surface area contributed by atoms with Gasteiger partial charge in [0.15, 0.2) is 5.65 Å². The third-order valence-electron chi connectivity index (χ3n) is 5.15. The number of rotatable bonds is 4. The van der Waals surface area contributed by atoms with Crippen LogP contribution in [-0.4, -0.2) is 19.5 Å². The molecule has 140 valence electrons. The van der Waals surface area contributed by atoms with Crippen LogP contribution in [-0.2, 0) is 6.54 Å². The minimum Gasteiger partial charge on any atom is -0.304 e. The standard InChI is InChI=1S/C25H20N4/c1-18-10-8-9-15-21(18)24-28-23-22(20-13-6-3-7-14-20)26-17-27-25(23)29(24)16-19-11-4-2-5-12-19/h2-15,17H,16H2,1H3. The van der Waals surface area contributed by atoms with Gasteiger partial charge in [-0.15, -0.1) is 0 Å². The van der Waals surface area contributed by atoms with Gasteiger partial charge in [-0.3, -0.25) is 0 Å². The highest BCUT2D eigenvalue weighted by atomic mass is 15.1. The molecule has 4 heteroatoms. The van der Waals surface area contributed by atoms with Crippen LogP contribution < -0.4 is 0 Å². The lowest BCUT2D eigenvalue weighted by molar-refractivity contribution is 0.822. The molecule has 0 N–H and O–H groups in total. The highest BCUT2D eigenvalue weighted by Crippen LogP contribution is 2.31. The number of benzene rings is 3. The van der Waals surface area contributed by atoms with E-state index in [2.05, 4.69) is 82.1 Å². The molecule has 0 spiro atoms. The van der Waals surface area contributed by atoms with Gasteiger partial charge in [0.2, 0.25) is 0 Å². The highest BCUT2D eigenvalue weighted by Gasteiger charge is 2.19. The summed E-state index contributed by atoms with van der Waals surface area (Å²) in [5.74, 6) is 0.916. The van der Waals surface area contributed by atoms with E-state index >= 15 is 0 Å². The van der Waals surface area contributed by atoms with Crippen molar-refractivity contribution >= 4 is 11.2 Å². The maximum atomic E-state index is 5.05. The van der Waals surface area contributed by atoms with Crippen molar-refractivity contribution in [2.24, 2.45) is 0 Å². The number of nitrogens with zero attached hydrogens (tertiary/aromatic N) is 4. The maximum absolute atomic E-state index is 5.05. The van der Waals surface area contributed by atoms with Gasteiger partial charge >= 0.3 is 0 Å². The Morgan fingerprint density at radius 3 is 2.21 bits per heavy atom. The minimum atomic E-state index is 0.701. The molecule has 3 aromatic carbocycles. The third-order valence-corrected chi connectivity index (χ3v) is 5.15. The van der Waals surface area contributed by atoms with E-state index in [9.17, 15) is 0 Å². The molecule has 0 fully saturated rings. The third kappa shape index (κ3) is 3.19. The molecule has 0 saturated carbocycles. The van der Waals surface area contributed by atoms with Crippen LogP contribution in [0.5, 0.6) is 0 Å². The second-order valence-electron chi connectivity index (χ2n) is 7.08. The van der Waals surface area contributed by atoms with E-state index in [0.717, 1.165) is 33.8 Å². The van der Waals surface area contributed by atoms with Gasteiger partial charge in [0.05, 0.1) is 6.54 Å². The summed E-state index contributed by atoms with van der Waals surface area (Å²) in [5, 5.41) is 0. The first kappa shape index (κ1) is 17.3. The largest absolute Gasteiger partial charge is 0.304 e. The van der Waals surface area contributed by atoms with Crippen LogP contribution in [0, 0.1) is 6.92 Å². The van der Waals surface area contributed by atoms with Crippen molar-refractivity contribution < 1.29 is 0 Å². The summed E-state index contributed by atoms with van der Waals surface area (Å²) in [7, 11) is 0. The molecular formula is C25H20N4. The van der Waals surface area contributed by atoms with E-state index in [4.69, 9.17) is 4.98 Å². The van der Waals surface area contributed by atoms with Crippen LogP contribution >= 0.6 is 0 Å². The first-order valence-corrected chi connectivity index (χ1v) is 9.68. The molecule has 0 aliphatic carbocycles. The van der Waals surface area contributed by atoms with Crippen LogP contribution in [0.2, 0.25) is 0 Å². The van der Waals surface area contributed by atoms with E-state index in [1.807, 2.05) is 24.3 Å². The summed E-state index contributed by atoms with van der Waals surface area (Å²) in [6.45, 7) is 2.82. The summed E-state index contributed by atoms with van der Waals surface area (Å²) >= 11 is 0. The first-order valence-electron chi connectivity index (χ1n) is 9.68. The van der Waals surface area contributed by atoms with Crippen LogP contribution in [0.4, 0.5) is 0 Å². The highest BCUT2D eigenvalue weighted by molar-refractivity contribution is 5.90. The Hall–Kier alpha value is -3.79. The zero-order valence-corrected chi connectivity index (χ0v) is 16.2. The molecule has 0 unspecified atom stereocenters. The predicted molar refractivity (Wildman–Crippen MR) is 116 cm³/mol. The van der Waals surface area contributed by atoms with E-state index < -0.39 is 0 Å². The fourth-order valence-corrected chi connectivity index (χ4v) is 3.69. The fourth-order valence-electron chi connectivity index (χ4n) is 3.69. The zero-order valence-electron chi connectivity index (χ0n) is 16.2. The molecule has 2 heterocycles. The molecule has 5 rings (SSSR count). The molecule has 0 saturated heterocycles. The second-order valence-corrected chi connectivity index (χ2v) is 7.08. The number of hydrogen-bond donors (Lipinski definition) is 0. The van der Waals surface area contributed by atoms with Crippen LogP contribution in [0.15, 0.2) is 91.3 Å². The number of aryl methyl sites for hydroxylation is 1. The van der Waals surface area contributed by atoms with Crippen molar-refractivity contribution in [3.05, 3.63) is 102 Å². The van der Waals surface area contributed by atoms with Gasteiger partial charge in [-0.2, -0.15) is 0 Å². The molecule has 0 bridgehead atoms. The summed E-state index contributed by atoms with van der Waals surface area (Å²) in [6.07, 6.45) is 1.63. The Morgan fingerprint density at radius 2 is 1.45 bits per heavy atom. The van der Waals surface area contributed by atoms with E-state index in [1.54, 1.807) is 6.33 Å². The first-order chi connectivity index (χ1) is 14.3. The van der Waals surface area contributed by atoms with Crippen molar-refractivity contribution in [2.45, 2.75) is 13.5 Å². The van der Waals surface area contributed by atoms with Crippen molar-refractivity contribution in [3.63, 3.8) is 0 Å². The van der Waals surface area contributed by atoms with E-state index in [0.29, 0.717) is 6.54 Å². The number of fused-ring (bicyclic) bond motifs is 1. The van der Waals surface area contributed by atoms with Crippen molar-refractivity contribution in [1.82, 2.24) is 19.5 Å². The molecule has 2 aromatic heterocycles. The molecule has 0 atom stereocenters. The van der Waals surface area contributed by atoms with Crippen molar-refractivity contribution in [2.75, 3.05) is 0 Å². The average Bonchev–Trinajstić information content (AvgIpc) is 3.14. The molecule has 5 aromatic rings. The Labute approximate surface area is 169 Å². The van der Waals surface area contributed by atoms with Crippen molar-refractivity contribution in [3.8, 4) is 22.6 Å². The lowest BCUT2D eigenvalue weighted by Gasteiger charge is -2.10. The van der Waals surface area contributed by atoms with Gasteiger partial charge in [0.1, 0.15) is 23.4 Å². The van der Waals surface area contributed by atoms with Crippen LogP contribution in [0.25, 0.3) is 33.8 Å². The monoisotopic (exact) mass is 376 g/mol. The smallest absolute Gasteiger partial charge is 0.164 e. The summed E-state index contributed by atoms with van der Waals surface area (Å²) in [5.41, 5.74) is 7.08. The molecule has 4 nitrogen and oxygen atoms in total. The Morgan fingerprint density at radius 1 is 0.759 bits per heavy atom.